The number of halogens is 1. The fraction of sp³-hybridized carbons (Fsp3) is 0.182. The molecule has 0 saturated heterocycles. The molecule has 78 valence electrons. The van der Waals surface area contributed by atoms with Crippen molar-refractivity contribution < 1.29 is 0 Å². The number of hydrogen-bond acceptors (Lipinski definition) is 3. The van der Waals surface area contributed by atoms with E-state index in [0.29, 0.717) is 6.54 Å². The molecular formula is C11H11BrN2S. The first-order chi connectivity index (χ1) is 7.31. The largest absolute Gasteiger partial charge is 0.330 e. The maximum atomic E-state index is 5.50. The highest BCUT2D eigenvalue weighted by Gasteiger charge is 2.06. The lowest BCUT2D eigenvalue weighted by Crippen LogP contribution is -2.01. The van der Waals surface area contributed by atoms with Gasteiger partial charge in [0.05, 0.1) is 10.7 Å². The minimum atomic E-state index is 0.656. The van der Waals surface area contributed by atoms with Gasteiger partial charge in [-0.15, -0.1) is 11.3 Å². The molecule has 0 aliphatic carbocycles. The minimum Gasteiger partial charge on any atom is -0.330 e. The molecule has 0 atom stereocenters. The fourth-order valence-electron chi connectivity index (χ4n) is 1.34. The van der Waals surface area contributed by atoms with Crippen molar-refractivity contribution in [2.45, 2.75) is 6.42 Å². The summed E-state index contributed by atoms with van der Waals surface area (Å²) in [7, 11) is 0. The van der Waals surface area contributed by atoms with Crippen LogP contribution in [0.1, 0.15) is 5.01 Å². The van der Waals surface area contributed by atoms with E-state index in [2.05, 4.69) is 32.4 Å². The second kappa shape index (κ2) is 4.88. The maximum Gasteiger partial charge on any atom is 0.0945 e. The third kappa shape index (κ3) is 2.45. The third-order valence-corrected chi connectivity index (χ3v) is 3.66. The van der Waals surface area contributed by atoms with E-state index in [0.717, 1.165) is 27.2 Å². The normalized spacial score (nSPS) is 10.5. The molecule has 0 bridgehead atoms. The lowest BCUT2D eigenvalue weighted by molar-refractivity contribution is 0.954. The summed E-state index contributed by atoms with van der Waals surface area (Å²) >= 11 is 5.19. The van der Waals surface area contributed by atoms with Crippen molar-refractivity contribution in [1.82, 2.24) is 4.98 Å². The van der Waals surface area contributed by atoms with E-state index >= 15 is 0 Å². The number of benzene rings is 1. The molecule has 0 fully saturated rings. The van der Waals surface area contributed by atoms with Gasteiger partial charge in [-0.25, -0.2) is 4.98 Å². The minimum absolute atomic E-state index is 0.656. The zero-order chi connectivity index (χ0) is 10.7. The molecule has 0 amide bonds. The molecule has 0 aliphatic heterocycles. The van der Waals surface area contributed by atoms with Crippen molar-refractivity contribution in [3.63, 3.8) is 0 Å². The average Bonchev–Trinajstić information content (AvgIpc) is 2.68. The SMILES string of the molecule is NCCc1nc(-c2ccccc2Br)cs1. The van der Waals surface area contributed by atoms with E-state index < -0.39 is 0 Å². The van der Waals surface area contributed by atoms with E-state index in [-0.39, 0.29) is 0 Å². The molecule has 2 rings (SSSR count). The average molecular weight is 283 g/mol. The molecule has 2 nitrogen and oxygen atoms in total. The lowest BCUT2D eigenvalue weighted by Gasteiger charge is -1.99. The van der Waals surface area contributed by atoms with Crippen molar-refractivity contribution in [2.75, 3.05) is 6.54 Å². The van der Waals surface area contributed by atoms with Crippen LogP contribution in [0.4, 0.5) is 0 Å². The Morgan fingerprint density at radius 3 is 2.87 bits per heavy atom. The van der Waals surface area contributed by atoms with Crippen LogP contribution in [0.15, 0.2) is 34.1 Å². The second-order valence-electron chi connectivity index (χ2n) is 3.15. The van der Waals surface area contributed by atoms with Gasteiger partial charge in [-0.3, -0.25) is 0 Å². The number of nitrogens with two attached hydrogens (primary N) is 1. The Bertz CT molecular complexity index is 453. The highest BCUT2D eigenvalue weighted by molar-refractivity contribution is 9.10. The van der Waals surface area contributed by atoms with E-state index in [1.807, 2.05) is 18.2 Å². The van der Waals surface area contributed by atoms with Crippen LogP contribution in [-0.2, 0) is 6.42 Å². The van der Waals surface area contributed by atoms with Crippen LogP contribution in [0.2, 0.25) is 0 Å². The molecule has 1 aromatic heterocycles. The predicted molar refractivity (Wildman–Crippen MR) is 68.0 cm³/mol. The van der Waals surface area contributed by atoms with Gasteiger partial charge in [0, 0.05) is 21.8 Å². The van der Waals surface area contributed by atoms with Crippen LogP contribution in [-0.4, -0.2) is 11.5 Å². The smallest absolute Gasteiger partial charge is 0.0945 e. The van der Waals surface area contributed by atoms with Crippen molar-refractivity contribution >= 4 is 27.3 Å². The Morgan fingerprint density at radius 1 is 1.33 bits per heavy atom. The molecule has 0 spiro atoms. The third-order valence-electron chi connectivity index (χ3n) is 2.06. The molecule has 2 aromatic rings. The van der Waals surface area contributed by atoms with Crippen molar-refractivity contribution in [3.05, 3.63) is 39.1 Å². The summed E-state index contributed by atoms with van der Waals surface area (Å²) < 4.78 is 1.08. The molecule has 2 N–H and O–H groups in total. The van der Waals surface area contributed by atoms with Crippen molar-refractivity contribution in [1.29, 1.82) is 0 Å². The van der Waals surface area contributed by atoms with Crippen LogP contribution in [0.5, 0.6) is 0 Å². The van der Waals surface area contributed by atoms with Gasteiger partial charge >= 0.3 is 0 Å². The first kappa shape index (κ1) is 10.8. The van der Waals surface area contributed by atoms with Crippen LogP contribution in [0, 0.1) is 0 Å². The Balaban J connectivity index is 2.33. The molecular weight excluding hydrogens is 272 g/mol. The molecule has 0 aliphatic rings. The number of aromatic nitrogens is 1. The quantitative estimate of drug-likeness (QED) is 0.940. The summed E-state index contributed by atoms with van der Waals surface area (Å²) in [6.45, 7) is 0.656. The zero-order valence-electron chi connectivity index (χ0n) is 8.11. The summed E-state index contributed by atoms with van der Waals surface area (Å²) in [5.74, 6) is 0. The standard InChI is InChI=1S/C11H11BrN2S/c12-9-4-2-1-3-8(9)10-7-15-11(14-10)5-6-13/h1-4,7H,5-6,13H2. The lowest BCUT2D eigenvalue weighted by atomic mass is 10.2. The Labute approximate surface area is 101 Å². The van der Waals surface area contributed by atoms with Gasteiger partial charge in [-0.05, 0) is 12.6 Å². The van der Waals surface area contributed by atoms with E-state index in [9.17, 15) is 0 Å². The van der Waals surface area contributed by atoms with Gasteiger partial charge in [0.1, 0.15) is 0 Å². The number of rotatable bonds is 3. The van der Waals surface area contributed by atoms with Crippen molar-refractivity contribution in [3.8, 4) is 11.3 Å². The van der Waals surface area contributed by atoms with Gasteiger partial charge < -0.3 is 5.73 Å². The van der Waals surface area contributed by atoms with Gasteiger partial charge in [0.2, 0.25) is 0 Å². The molecule has 15 heavy (non-hydrogen) atoms. The summed E-state index contributed by atoms with van der Waals surface area (Å²) in [5, 5.41) is 3.17. The number of nitrogens with zero attached hydrogens (tertiary/aromatic N) is 1. The van der Waals surface area contributed by atoms with E-state index in [1.165, 1.54) is 0 Å². The molecule has 0 radical (unpaired) electrons. The van der Waals surface area contributed by atoms with Crippen LogP contribution in [0.3, 0.4) is 0 Å². The second-order valence-corrected chi connectivity index (χ2v) is 4.94. The van der Waals surface area contributed by atoms with Gasteiger partial charge in [-0.2, -0.15) is 0 Å². The summed E-state index contributed by atoms with van der Waals surface area (Å²) in [5.41, 5.74) is 7.66. The molecule has 1 heterocycles. The van der Waals surface area contributed by atoms with Gasteiger partial charge in [0.15, 0.2) is 0 Å². The van der Waals surface area contributed by atoms with Crippen LogP contribution < -0.4 is 5.73 Å². The number of hydrogen-bond donors (Lipinski definition) is 1. The van der Waals surface area contributed by atoms with Gasteiger partial charge in [0.25, 0.3) is 0 Å². The topological polar surface area (TPSA) is 38.9 Å². The maximum absolute atomic E-state index is 5.50. The summed E-state index contributed by atoms with van der Waals surface area (Å²) in [4.78, 5) is 4.54. The van der Waals surface area contributed by atoms with Crippen LogP contribution >= 0.6 is 27.3 Å². The summed E-state index contributed by atoms with van der Waals surface area (Å²) in [6, 6.07) is 8.10. The van der Waals surface area contributed by atoms with Gasteiger partial charge in [-0.1, -0.05) is 34.1 Å². The first-order valence-corrected chi connectivity index (χ1v) is 6.38. The fourth-order valence-corrected chi connectivity index (χ4v) is 2.64. The number of thiazole rings is 1. The van der Waals surface area contributed by atoms with E-state index in [1.54, 1.807) is 11.3 Å². The highest BCUT2D eigenvalue weighted by Crippen LogP contribution is 2.28. The first-order valence-electron chi connectivity index (χ1n) is 4.70. The Kier molecular flexibility index (Phi) is 3.51. The molecule has 1 aromatic carbocycles. The predicted octanol–water partition coefficient (Wildman–Crippen LogP) is 3.07. The molecule has 0 saturated carbocycles. The monoisotopic (exact) mass is 282 g/mol. The zero-order valence-corrected chi connectivity index (χ0v) is 10.5. The summed E-state index contributed by atoms with van der Waals surface area (Å²) in [6.07, 6.45) is 0.856. The van der Waals surface area contributed by atoms with Crippen molar-refractivity contribution in [2.24, 2.45) is 5.73 Å². The highest BCUT2D eigenvalue weighted by atomic mass is 79.9. The Morgan fingerprint density at radius 2 is 2.13 bits per heavy atom. The Hall–Kier alpha value is -0.710. The van der Waals surface area contributed by atoms with Crippen LogP contribution in [0.25, 0.3) is 11.3 Å². The van der Waals surface area contributed by atoms with E-state index in [4.69, 9.17) is 5.73 Å². The molecule has 4 heteroatoms. The molecule has 0 unspecified atom stereocenters.